The third kappa shape index (κ3) is 51.2. The summed E-state index contributed by atoms with van der Waals surface area (Å²) < 4.78 is 16.8. The van der Waals surface area contributed by atoms with Gasteiger partial charge in [0.1, 0.15) is 13.2 Å². The van der Waals surface area contributed by atoms with E-state index in [-0.39, 0.29) is 31.1 Å². The fourth-order valence-corrected chi connectivity index (χ4v) is 6.99. The molecule has 0 saturated carbocycles. The van der Waals surface area contributed by atoms with Crippen molar-refractivity contribution in [3.63, 3.8) is 0 Å². The molecular formula is C59H98O6. The second-order valence-corrected chi connectivity index (χ2v) is 17.4. The van der Waals surface area contributed by atoms with Gasteiger partial charge in [-0.15, -0.1) is 0 Å². The molecule has 0 aliphatic carbocycles. The topological polar surface area (TPSA) is 78.9 Å². The zero-order valence-corrected chi connectivity index (χ0v) is 42.2. The minimum absolute atomic E-state index is 0.0963. The molecule has 0 radical (unpaired) electrons. The van der Waals surface area contributed by atoms with E-state index in [9.17, 15) is 14.4 Å². The quantitative estimate of drug-likeness (QED) is 0.0262. The molecule has 0 aromatic heterocycles. The number of hydrogen-bond donors (Lipinski definition) is 0. The third-order valence-electron chi connectivity index (χ3n) is 11.0. The first-order valence-corrected chi connectivity index (χ1v) is 26.7. The molecule has 370 valence electrons. The molecule has 1 atom stereocenters. The van der Waals surface area contributed by atoms with Crippen LogP contribution in [-0.2, 0) is 28.6 Å². The monoisotopic (exact) mass is 903 g/mol. The molecule has 0 aromatic carbocycles. The first-order chi connectivity index (χ1) is 32.0. The van der Waals surface area contributed by atoms with Crippen molar-refractivity contribution in [2.45, 2.75) is 245 Å². The normalized spacial score (nSPS) is 12.8. The maximum Gasteiger partial charge on any atom is 0.306 e. The molecule has 1 unspecified atom stereocenters. The van der Waals surface area contributed by atoms with Crippen LogP contribution in [0.15, 0.2) is 97.2 Å². The van der Waals surface area contributed by atoms with Crippen LogP contribution in [0.2, 0.25) is 0 Å². The van der Waals surface area contributed by atoms with Crippen molar-refractivity contribution in [3.05, 3.63) is 97.2 Å². The van der Waals surface area contributed by atoms with E-state index in [0.29, 0.717) is 19.3 Å². The van der Waals surface area contributed by atoms with E-state index in [1.54, 1.807) is 0 Å². The van der Waals surface area contributed by atoms with Gasteiger partial charge in [-0.25, -0.2) is 0 Å². The van der Waals surface area contributed by atoms with E-state index in [2.05, 4.69) is 118 Å². The Morgan fingerprint density at radius 2 is 0.600 bits per heavy atom. The molecule has 0 spiro atoms. The second kappa shape index (κ2) is 52.9. The summed E-state index contributed by atoms with van der Waals surface area (Å²) in [6.07, 6.45) is 69.5. The van der Waals surface area contributed by atoms with Crippen molar-refractivity contribution in [3.8, 4) is 0 Å². The second-order valence-electron chi connectivity index (χ2n) is 17.4. The molecule has 0 aliphatic rings. The lowest BCUT2D eigenvalue weighted by Crippen LogP contribution is -2.30. The molecule has 0 amide bonds. The van der Waals surface area contributed by atoms with Crippen LogP contribution in [0.3, 0.4) is 0 Å². The number of carbonyl (C=O) groups excluding carboxylic acids is 3. The van der Waals surface area contributed by atoms with E-state index in [1.807, 2.05) is 0 Å². The Labute approximate surface area is 400 Å². The fourth-order valence-electron chi connectivity index (χ4n) is 6.99. The van der Waals surface area contributed by atoms with Gasteiger partial charge in [0.25, 0.3) is 0 Å². The number of ether oxygens (including phenoxy) is 3. The highest BCUT2D eigenvalue weighted by atomic mass is 16.6. The number of allylic oxidation sites excluding steroid dienone is 16. The first kappa shape index (κ1) is 61.3. The molecule has 0 saturated heterocycles. The van der Waals surface area contributed by atoms with Gasteiger partial charge >= 0.3 is 17.9 Å². The summed E-state index contributed by atoms with van der Waals surface area (Å²) >= 11 is 0. The van der Waals surface area contributed by atoms with Gasteiger partial charge in [-0.2, -0.15) is 0 Å². The van der Waals surface area contributed by atoms with E-state index in [1.165, 1.54) is 51.4 Å². The smallest absolute Gasteiger partial charge is 0.306 e. The highest BCUT2D eigenvalue weighted by Crippen LogP contribution is 2.13. The maximum absolute atomic E-state index is 12.8. The summed E-state index contributed by atoms with van der Waals surface area (Å²) in [5, 5.41) is 0. The Morgan fingerprint density at radius 3 is 0.938 bits per heavy atom. The molecule has 0 heterocycles. The molecule has 0 N–H and O–H groups in total. The minimum Gasteiger partial charge on any atom is -0.462 e. The summed E-state index contributed by atoms with van der Waals surface area (Å²) in [6.45, 7) is 6.40. The van der Waals surface area contributed by atoms with Crippen molar-refractivity contribution < 1.29 is 28.6 Å². The summed E-state index contributed by atoms with van der Waals surface area (Å²) in [4.78, 5) is 38.0. The number of rotatable bonds is 47. The SMILES string of the molecule is CC/C=C\C/C=C\C/C=C\C/C=C\CCCCCCCCC(=O)OCC(COC(=O)CCCCCCC/C=C\C/C=C\CCCC)OC(=O)CCCCCCC/C=C\C/C=C\CCCC. The zero-order chi connectivity index (χ0) is 47.2. The predicted molar refractivity (Wildman–Crippen MR) is 279 cm³/mol. The van der Waals surface area contributed by atoms with Crippen molar-refractivity contribution in [2.75, 3.05) is 13.2 Å². The van der Waals surface area contributed by atoms with Gasteiger partial charge in [0, 0.05) is 19.3 Å². The molecular weight excluding hydrogens is 805 g/mol. The van der Waals surface area contributed by atoms with Gasteiger partial charge in [-0.1, -0.05) is 208 Å². The Morgan fingerprint density at radius 1 is 0.323 bits per heavy atom. The largest absolute Gasteiger partial charge is 0.462 e. The summed E-state index contributed by atoms with van der Waals surface area (Å²) in [5.74, 6) is -0.939. The van der Waals surface area contributed by atoms with E-state index in [4.69, 9.17) is 14.2 Å². The van der Waals surface area contributed by atoms with Crippen LogP contribution in [0.4, 0.5) is 0 Å². The molecule has 65 heavy (non-hydrogen) atoms. The van der Waals surface area contributed by atoms with Crippen molar-refractivity contribution >= 4 is 17.9 Å². The van der Waals surface area contributed by atoms with Gasteiger partial charge in [0.2, 0.25) is 0 Å². The lowest BCUT2D eigenvalue weighted by atomic mass is 10.1. The van der Waals surface area contributed by atoms with Gasteiger partial charge < -0.3 is 14.2 Å². The molecule has 0 aromatic rings. The maximum atomic E-state index is 12.8. The van der Waals surface area contributed by atoms with E-state index in [0.717, 1.165) is 148 Å². The zero-order valence-electron chi connectivity index (χ0n) is 42.2. The number of unbranched alkanes of at least 4 members (excludes halogenated alkanes) is 20. The molecule has 0 aliphatic heterocycles. The highest BCUT2D eigenvalue weighted by Gasteiger charge is 2.19. The molecule has 0 rings (SSSR count). The number of esters is 3. The Balaban J connectivity index is 4.45. The van der Waals surface area contributed by atoms with Crippen molar-refractivity contribution in [1.82, 2.24) is 0 Å². The van der Waals surface area contributed by atoms with Gasteiger partial charge in [-0.3, -0.25) is 14.4 Å². The van der Waals surface area contributed by atoms with Gasteiger partial charge in [0.05, 0.1) is 0 Å². The molecule has 6 nitrogen and oxygen atoms in total. The van der Waals surface area contributed by atoms with Crippen LogP contribution < -0.4 is 0 Å². The minimum atomic E-state index is -0.797. The summed E-state index contributed by atoms with van der Waals surface area (Å²) in [7, 11) is 0. The van der Waals surface area contributed by atoms with Crippen LogP contribution in [0.5, 0.6) is 0 Å². The fraction of sp³-hybridized carbons (Fsp3) is 0.678. The molecule has 0 fully saturated rings. The standard InChI is InChI=1S/C59H98O6/c1-4-7-10-13-16-19-22-25-28-29-30-31-32-35-37-40-43-46-49-52-58(61)64-55-56(65-59(62)53-50-47-44-41-38-34-27-24-21-18-15-12-9-6-3)54-63-57(60)51-48-45-42-39-36-33-26-23-20-17-14-11-8-5-2/h7,10,14-19,23-28,30-31,56H,4-6,8-9,11-13,20-22,29,32-55H2,1-3H3/b10-7-,17-14-,18-15-,19-16-,26-23-,27-24-,28-25-,31-30-. The number of carbonyl (C=O) groups is 3. The molecule has 6 heteroatoms. The Bertz CT molecular complexity index is 1310. The van der Waals surface area contributed by atoms with E-state index < -0.39 is 6.10 Å². The van der Waals surface area contributed by atoms with Crippen molar-refractivity contribution in [1.29, 1.82) is 0 Å². The van der Waals surface area contributed by atoms with Gasteiger partial charge in [0.15, 0.2) is 6.10 Å². The predicted octanol–water partition coefficient (Wildman–Crippen LogP) is 17.8. The lowest BCUT2D eigenvalue weighted by Gasteiger charge is -2.18. The Kier molecular flexibility index (Phi) is 50.0. The van der Waals surface area contributed by atoms with Crippen LogP contribution in [0.25, 0.3) is 0 Å². The number of hydrogen-bond acceptors (Lipinski definition) is 6. The lowest BCUT2D eigenvalue weighted by molar-refractivity contribution is -0.167. The first-order valence-electron chi connectivity index (χ1n) is 26.7. The summed E-state index contributed by atoms with van der Waals surface area (Å²) in [5.41, 5.74) is 0. The third-order valence-corrected chi connectivity index (χ3v) is 11.0. The summed E-state index contributed by atoms with van der Waals surface area (Å²) in [6, 6.07) is 0. The average Bonchev–Trinajstić information content (AvgIpc) is 3.30. The highest BCUT2D eigenvalue weighted by molar-refractivity contribution is 5.71. The molecule has 0 bridgehead atoms. The van der Waals surface area contributed by atoms with Gasteiger partial charge in [-0.05, 0) is 109 Å². The van der Waals surface area contributed by atoms with Crippen LogP contribution in [0, 0.1) is 0 Å². The van der Waals surface area contributed by atoms with E-state index >= 15 is 0 Å². The Hall–Kier alpha value is -3.67. The van der Waals surface area contributed by atoms with Crippen molar-refractivity contribution in [2.24, 2.45) is 0 Å². The van der Waals surface area contributed by atoms with Crippen LogP contribution in [0.1, 0.15) is 239 Å². The van der Waals surface area contributed by atoms with Crippen LogP contribution >= 0.6 is 0 Å². The average molecular weight is 903 g/mol. The van der Waals surface area contributed by atoms with Crippen LogP contribution in [-0.4, -0.2) is 37.2 Å².